The third-order valence-corrected chi connectivity index (χ3v) is 20.3. The van der Waals surface area contributed by atoms with Crippen LogP contribution in [0.15, 0.2) is 114 Å². The van der Waals surface area contributed by atoms with E-state index in [1.54, 1.807) is 58.9 Å². The van der Waals surface area contributed by atoms with Crippen LogP contribution in [-0.2, 0) is 35.0 Å². The minimum Gasteiger partial charge on any atom is -0.505 e. The zero-order valence-corrected chi connectivity index (χ0v) is 44.4. The molecule has 14 nitrogen and oxygen atoms in total. The molecule has 0 bridgehead atoms. The molecule has 0 spiro atoms. The van der Waals surface area contributed by atoms with Crippen molar-refractivity contribution in [2.75, 3.05) is 24.3 Å². The lowest BCUT2D eigenvalue weighted by atomic mass is 9.99. The number of rotatable bonds is 21. The summed E-state index contributed by atoms with van der Waals surface area (Å²) in [7, 11) is -6.50. The van der Waals surface area contributed by atoms with Gasteiger partial charge in [0.25, 0.3) is 14.2 Å². The van der Waals surface area contributed by atoms with E-state index in [-0.39, 0.29) is 63.9 Å². The van der Waals surface area contributed by atoms with Crippen molar-refractivity contribution in [2.45, 2.75) is 152 Å². The Bertz CT molecular complexity index is 2610. The summed E-state index contributed by atoms with van der Waals surface area (Å²) >= 11 is 0. The summed E-state index contributed by atoms with van der Waals surface area (Å²) in [5.74, 6) is -1.14. The molecule has 1 aliphatic heterocycles. The minimum atomic E-state index is -3.88. The summed E-state index contributed by atoms with van der Waals surface area (Å²) in [6.45, 7) is 16.8. The number of aromatic hydroxyl groups is 1. The van der Waals surface area contributed by atoms with Crippen molar-refractivity contribution in [3.05, 3.63) is 121 Å². The van der Waals surface area contributed by atoms with Gasteiger partial charge in [0.2, 0.25) is 0 Å². The highest BCUT2D eigenvalue weighted by Crippen LogP contribution is 2.38. The number of hydrogen-bond acceptors (Lipinski definition) is 12. The van der Waals surface area contributed by atoms with Gasteiger partial charge in [-0.2, -0.15) is 0 Å². The lowest BCUT2D eigenvalue weighted by Gasteiger charge is -2.43. The molecule has 4 aromatic carbocycles. The van der Waals surface area contributed by atoms with E-state index in [9.17, 15) is 23.1 Å². The molecule has 5 N–H and O–H groups in total. The number of nitrogens with one attached hydrogen (secondary N) is 2. The minimum absolute atomic E-state index is 0.0579. The summed E-state index contributed by atoms with van der Waals surface area (Å²) in [5, 5.41) is 18.6. The van der Waals surface area contributed by atoms with Crippen LogP contribution in [0.25, 0.3) is 11.3 Å². The van der Waals surface area contributed by atoms with Gasteiger partial charge in [0.15, 0.2) is 27.6 Å². The standard InChI is InChI=1S/C55H73N5O9SSi/c1-53(2,3)69-52(63)58-37-40-22-21-28-45(49(40)61)60-51(62)48-50(56)57-38-46(59-48)39-30-32-42(33-31-39)70(64,65)55(7,8)36-41(68-47-29-18-20-34-66-47)23-13-9-10-19-35-67-71(54(4,5)6,43-24-14-11-15-25-43)44-26-16-12-17-27-44/h11-12,14-17,21-22,24-28,30-33,38,41,47,61H,9-10,13,18-20,23,29,34-37H2,1-8H3,(H2,56,57)(H,58,63)(H,60,62). The smallest absolute Gasteiger partial charge is 0.407 e. The van der Waals surface area contributed by atoms with Gasteiger partial charge < -0.3 is 40.1 Å². The number of carbonyl (C=O) groups is 2. The number of aromatic nitrogens is 2. The first-order valence-electron chi connectivity index (χ1n) is 24.7. The predicted molar refractivity (Wildman–Crippen MR) is 282 cm³/mol. The van der Waals surface area contributed by atoms with E-state index in [0.717, 1.165) is 44.9 Å². The van der Waals surface area contributed by atoms with Crippen LogP contribution in [0.2, 0.25) is 5.04 Å². The van der Waals surface area contributed by atoms with Crippen LogP contribution in [0.3, 0.4) is 0 Å². The molecule has 71 heavy (non-hydrogen) atoms. The van der Waals surface area contributed by atoms with Crippen molar-refractivity contribution >= 4 is 52.0 Å². The Morgan fingerprint density at radius 3 is 2.10 bits per heavy atom. The molecule has 1 aliphatic rings. The number of nitrogens with two attached hydrogens (primary N) is 1. The fourth-order valence-corrected chi connectivity index (χ4v) is 15.2. The van der Waals surface area contributed by atoms with E-state index < -0.39 is 40.5 Å². The fourth-order valence-electron chi connectivity index (χ4n) is 9.05. The first-order chi connectivity index (χ1) is 33.6. The molecular weight excluding hydrogens is 935 g/mol. The van der Waals surface area contributed by atoms with Gasteiger partial charge in [-0.3, -0.25) is 4.79 Å². The van der Waals surface area contributed by atoms with Gasteiger partial charge in [0.05, 0.1) is 33.3 Å². The van der Waals surface area contributed by atoms with Crippen molar-refractivity contribution < 1.29 is 41.7 Å². The van der Waals surface area contributed by atoms with Gasteiger partial charge in [-0.05, 0) is 107 Å². The first-order valence-corrected chi connectivity index (χ1v) is 28.1. The highest BCUT2D eigenvalue weighted by atomic mass is 32.2. The van der Waals surface area contributed by atoms with E-state index in [1.165, 1.54) is 34.8 Å². The highest BCUT2D eigenvalue weighted by molar-refractivity contribution is 7.92. The van der Waals surface area contributed by atoms with Crippen LogP contribution < -0.4 is 26.7 Å². The number of hydrogen-bond donors (Lipinski definition) is 4. The van der Waals surface area contributed by atoms with Crippen LogP contribution >= 0.6 is 0 Å². The van der Waals surface area contributed by atoms with Crippen LogP contribution in [0.4, 0.5) is 16.3 Å². The quantitative estimate of drug-likeness (QED) is 0.0308. The first kappa shape index (κ1) is 54.7. The van der Waals surface area contributed by atoms with E-state index in [0.29, 0.717) is 30.8 Å². The second-order valence-corrected chi connectivity index (χ2v) is 27.8. The number of benzene rings is 4. The van der Waals surface area contributed by atoms with Crippen molar-refractivity contribution in [1.82, 2.24) is 15.3 Å². The average molecular weight is 1010 g/mol. The van der Waals surface area contributed by atoms with Crippen LogP contribution in [0, 0.1) is 0 Å². The zero-order valence-electron chi connectivity index (χ0n) is 42.6. The van der Waals surface area contributed by atoms with Gasteiger partial charge >= 0.3 is 6.09 Å². The summed E-state index contributed by atoms with van der Waals surface area (Å²) in [6, 6.07) is 32.4. The van der Waals surface area contributed by atoms with E-state index >= 15 is 0 Å². The fraction of sp³-hybridized carbons (Fsp3) is 0.455. The average Bonchev–Trinajstić information content (AvgIpc) is 3.32. The molecule has 16 heteroatoms. The largest absolute Gasteiger partial charge is 0.505 e. The number of ether oxygens (including phenoxy) is 3. The molecule has 382 valence electrons. The number of alkyl carbamates (subject to hydrolysis) is 1. The topological polar surface area (TPSA) is 201 Å². The van der Waals surface area contributed by atoms with Gasteiger partial charge in [0.1, 0.15) is 11.4 Å². The number of amides is 2. The molecule has 0 aliphatic carbocycles. The number of phenolic OH excluding ortho intramolecular Hbond substituents is 1. The summed E-state index contributed by atoms with van der Waals surface area (Å²) in [6.07, 6.45) is 7.42. The number of anilines is 2. The summed E-state index contributed by atoms with van der Waals surface area (Å²) in [4.78, 5) is 34.5. The lowest BCUT2D eigenvalue weighted by Crippen LogP contribution is -2.66. The summed E-state index contributed by atoms with van der Waals surface area (Å²) in [5.41, 5.74) is 6.40. The Labute approximate surface area is 421 Å². The molecule has 5 aromatic rings. The number of nitrogens with zero attached hydrogens (tertiary/aromatic N) is 2. The molecule has 2 unspecified atom stereocenters. The SMILES string of the molecule is CC(C)(C)OC(=O)NCc1cccc(NC(=O)c2nc(-c3ccc(S(=O)(=O)C(C)(C)CC(CCCCCCO[Si](c4ccccc4)(c4ccccc4)C(C)(C)C)OC4CCCCO4)cc3)cnc2N)c1O. The Morgan fingerprint density at radius 1 is 0.845 bits per heavy atom. The van der Waals surface area contributed by atoms with Gasteiger partial charge in [-0.25, -0.2) is 23.2 Å². The van der Waals surface area contributed by atoms with Crippen LogP contribution in [-0.4, -0.2) is 79.8 Å². The van der Waals surface area contributed by atoms with Gasteiger partial charge in [-0.15, -0.1) is 0 Å². The molecule has 2 amide bonds. The van der Waals surface area contributed by atoms with Crippen LogP contribution in [0.5, 0.6) is 5.75 Å². The molecular formula is C55H73N5O9SSi. The third-order valence-electron chi connectivity index (χ3n) is 12.8. The molecule has 2 atom stereocenters. The van der Waals surface area contributed by atoms with Gasteiger partial charge in [0, 0.05) is 30.9 Å². The predicted octanol–water partition coefficient (Wildman–Crippen LogP) is 10.1. The van der Waals surface area contributed by atoms with Crippen molar-refractivity contribution in [2.24, 2.45) is 0 Å². The van der Waals surface area contributed by atoms with Crippen molar-refractivity contribution in [3.63, 3.8) is 0 Å². The number of sulfone groups is 1. The van der Waals surface area contributed by atoms with E-state index in [2.05, 4.69) is 102 Å². The normalized spacial score (nSPS) is 15.2. The maximum Gasteiger partial charge on any atom is 0.407 e. The third kappa shape index (κ3) is 14.1. The molecule has 2 heterocycles. The number of unbranched alkanes of at least 4 members (excludes halogenated alkanes) is 3. The highest BCUT2D eigenvalue weighted by Gasteiger charge is 2.50. The summed E-state index contributed by atoms with van der Waals surface area (Å²) < 4.78 is 52.6. The molecule has 1 fully saturated rings. The maximum absolute atomic E-state index is 14.4. The van der Waals surface area contributed by atoms with Crippen molar-refractivity contribution in [1.29, 1.82) is 0 Å². The Morgan fingerprint density at radius 2 is 1.49 bits per heavy atom. The monoisotopic (exact) mass is 1010 g/mol. The Hall–Kier alpha value is -5.65. The van der Waals surface area contributed by atoms with Crippen molar-refractivity contribution in [3.8, 4) is 17.0 Å². The Balaban J connectivity index is 1.08. The maximum atomic E-state index is 14.4. The second kappa shape index (κ2) is 23.7. The van der Waals surface area contributed by atoms with E-state index in [4.69, 9.17) is 24.4 Å². The zero-order chi connectivity index (χ0) is 51.5. The number of para-hydroxylation sites is 1. The molecule has 1 saturated heterocycles. The van der Waals surface area contributed by atoms with E-state index in [1.807, 2.05) is 0 Å². The number of phenols is 1. The van der Waals surface area contributed by atoms with Crippen LogP contribution in [0.1, 0.15) is 129 Å². The molecule has 0 radical (unpaired) electrons. The Kier molecular flexibility index (Phi) is 18.3. The second-order valence-electron chi connectivity index (χ2n) is 20.9. The molecule has 0 saturated carbocycles. The number of carbonyl (C=O) groups excluding carboxylic acids is 2. The van der Waals surface area contributed by atoms with Gasteiger partial charge in [-0.1, -0.05) is 125 Å². The molecule has 6 rings (SSSR count). The number of nitrogen functional groups attached to an aromatic ring is 1. The molecule has 1 aromatic heterocycles. The lowest BCUT2D eigenvalue weighted by molar-refractivity contribution is -0.191.